The van der Waals surface area contributed by atoms with Gasteiger partial charge in [-0.2, -0.15) is 18.4 Å². The second kappa shape index (κ2) is 8.50. The number of nitrogens with zero attached hydrogens (tertiary/aromatic N) is 3. The van der Waals surface area contributed by atoms with Gasteiger partial charge < -0.3 is 5.32 Å². The van der Waals surface area contributed by atoms with Crippen molar-refractivity contribution in [1.29, 1.82) is 0 Å². The first-order chi connectivity index (χ1) is 14.6. The Labute approximate surface area is 179 Å². The van der Waals surface area contributed by atoms with E-state index in [1.807, 2.05) is 0 Å². The summed E-state index contributed by atoms with van der Waals surface area (Å²) in [6.07, 6.45) is 1.87. The molecule has 2 aliphatic rings. The van der Waals surface area contributed by atoms with Gasteiger partial charge >= 0.3 is 6.18 Å². The van der Waals surface area contributed by atoms with Crippen LogP contribution in [-0.4, -0.2) is 48.4 Å². The number of alkyl halides is 3. The summed E-state index contributed by atoms with van der Waals surface area (Å²) in [6.45, 7) is 2.12. The van der Waals surface area contributed by atoms with E-state index in [1.165, 1.54) is 18.9 Å². The number of aromatic nitrogens is 4. The first kappa shape index (κ1) is 22.2. The van der Waals surface area contributed by atoms with E-state index in [2.05, 4.69) is 25.9 Å². The standard InChI is InChI=1S/C20H26F3N5O2S/c1-31(29,30)18-16(20(21,22)23)7-6-15(17(18)19-25-27-28-26-19)14-4-2-12(3-5-14)10-13-8-9-24-11-13/h6-7,12-14,24H,2-5,8-11H2,1H3,(H,25,26,27,28). The van der Waals surface area contributed by atoms with Crippen LogP contribution in [0.2, 0.25) is 0 Å². The number of H-pyrrole nitrogens is 1. The van der Waals surface area contributed by atoms with Gasteiger partial charge in [0.2, 0.25) is 5.82 Å². The molecule has 2 aromatic rings. The predicted molar refractivity (Wildman–Crippen MR) is 108 cm³/mol. The smallest absolute Gasteiger partial charge is 0.316 e. The number of halogens is 3. The first-order valence-corrected chi connectivity index (χ1v) is 12.4. The zero-order valence-corrected chi connectivity index (χ0v) is 18.1. The highest BCUT2D eigenvalue weighted by Crippen LogP contribution is 2.46. The molecule has 1 atom stereocenters. The summed E-state index contributed by atoms with van der Waals surface area (Å²) in [5.74, 6) is 1.12. The molecule has 4 rings (SSSR count). The molecule has 1 aromatic heterocycles. The molecule has 0 spiro atoms. The van der Waals surface area contributed by atoms with Crippen molar-refractivity contribution in [2.75, 3.05) is 19.3 Å². The van der Waals surface area contributed by atoms with Gasteiger partial charge in [0.05, 0.1) is 10.5 Å². The maximum Gasteiger partial charge on any atom is 0.417 e. The monoisotopic (exact) mass is 457 g/mol. The molecule has 0 bridgehead atoms. The van der Waals surface area contributed by atoms with Gasteiger partial charge in [0.15, 0.2) is 9.84 Å². The number of rotatable bonds is 5. The van der Waals surface area contributed by atoms with Crippen molar-refractivity contribution in [3.8, 4) is 11.4 Å². The molecule has 1 aliphatic carbocycles. The van der Waals surface area contributed by atoms with E-state index in [0.717, 1.165) is 51.1 Å². The van der Waals surface area contributed by atoms with Crippen LogP contribution >= 0.6 is 0 Å². The average Bonchev–Trinajstić information content (AvgIpc) is 3.40. The summed E-state index contributed by atoms with van der Waals surface area (Å²) in [4.78, 5) is -0.766. The molecule has 1 aromatic carbocycles. The van der Waals surface area contributed by atoms with Crippen molar-refractivity contribution in [2.45, 2.75) is 55.5 Å². The Morgan fingerprint density at radius 2 is 1.84 bits per heavy atom. The Balaban J connectivity index is 1.70. The molecule has 11 heteroatoms. The van der Waals surface area contributed by atoms with Gasteiger partial charge in [-0.05, 0) is 86.2 Å². The van der Waals surface area contributed by atoms with Gasteiger partial charge in [-0.1, -0.05) is 6.07 Å². The molecule has 1 saturated heterocycles. The Bertz CT molecular complexity index is 1010. The van der Waals surface area contributed by atoms with Crippen molar-refractivity contribution in [2.24, 2.45) is 11.8 Å². The minimum atomic E-state index is -4.82. The predicted octanol–water partition coefficient (Wildman–Crippen LogP) is 3.56. The average molecular weight is 458 g/mol. The van der Waals surface area contributed by atoms with Gasteiger partial charge in [-0.3, -0.25) is 0 Å². The molecule has 0 radical (unpaired) electrons. The molecule has 170 valence electrons. The van der Waals surface area contributed by atoms with Crippen LogP contribution in [0, 0.1) is 11.8 Å². The second-order valence-electron chi connectivity index (χ2n) is 8.72. The number of sulfone groups is 1. The fraction of sp³-hybridized carbons (Fsp3) is 0.650. The maximum atomic E-state index is 13.7. The molecular weight excluding hydrogens is 431 g/mol. The van der Waals surface area contributed by atoms with E-state index in [1.54, 1.807) is 0 Å². The van der Waals surface area contributed by atoms with Crippen molar-refractivity contribution in [3.63, 3.8) is 0 Å². The number of hydrogen-bond donors (Lipinski definition) is 2. The molecule has 0 amide bonds. The lowest BCUT2D eigenvalue weighted by molar-refractivity contribution is -0.139. The molecule has 2 heterocycles. The Morgan fingerprint density at radius 3 is 2.39 bits per heavy atom. The lowest BCUT2D eigenvalue weighted by Crippen LogP contribution is -2.20. The molecule has 31 heavy (non-hydrogen) atoms. The van der Waals surface area contributed by atoms with Crippen LogP contribution in [0.1, 0.15) is 55.6 Å². The molecule has 1 saturated carbocycles. The number of aromatic amines is 1. The van der Waals surface area contributed by atoms with Crippen LogP contribution in [0.15, 0.2) is 17.0 Å². The van der Waals surface area contributed by atoms with Crippen LogP contribution in [0.25, 0.3) is 11.4 Å². The van der Waals surface area contributed by atoms with Crippen LogP contribution in [0.5, 0.6) is 0 Å². The summed E-state index contributed by atoms with van der Waals surface area (Å²) < 4.78 is 66.1. The number of hydrogen-bond acceptors (Lipinski definition) is 6. The van der Waals surface area contributed by atoms with Gasteiger partial charge in [-0.15, -0.1) is 10.2 Å². The van der Waals surface area contributed by atoms with E-state index in [-0.39, 0.29) is 17.3 Å². The highest BCUT2D eigenvalue weighted by atomic mass is 32.2. The second-order valence-corrected chi connectivity index (χ2v) is 10.7. The van der Waals surface area contributed by atoms with Crippen LogP contribution < -0.4 is 5.32 Å². The molecule has 1 unspecified atom stereocenters. The molecule has 1 aliphatic heterocycles. The SMILES string of the molecule is CS(=O)(=O)c1c(C(F)(F)F)ccc(C2CCC(CC3CCNC3)CC2)c1-c1nn[nH]n1. The number of nitrogens with one attached hydrogen (secondary N) is 2. The first-order valence-electron chi connectivity index (χ1n) is 10.5. The molecule has 7 nitrogen and oxygen atoms in total. The van der Waals surface area contributed by atoms with Gasteiger partial charge in [0, 0.05) is 11.8 Å². The van der Waals surface area contributed by atoms with E-state index in [4.69, 9.17) is 0 Å². The minimum absolute atomic E-state index is 0.0470. The summed E-state index contributed by atoms with van der Waals surface area (Å²) in [7, 11) is -4.21. The third-order valence-electron chi connectivity index (χ3n) is 6.55. The summed E-state index contributed by atoms with van der Waals surface area (Å²) in [5, 5.41) is 16.7. The Morgan fingerprint density at radius 1 is 1.10 bits per heavy atom. The van der Waals surface area contributed by atoms with E-state index in [9.17, 15) is 21.6 Å². The van der Waals surface area contributed by atoms with Crippen LogP contribution in [0.3, 0.4) is 0 Å². The molecule has 2 N–H and O–H groups in total. The lowest BCUT2D eigenvalue weighted by Gasteiger charge is -2.31. The van der Waals surface area contributed by atoms with Crippen molar-refractivity contribution in [1.82, 2.24) is 25.9 Å². The fourth-order valence-electron chi connectivity index (χ4n) is 5.14. The van der Waals surface area contributed by atoms with Crippen LogP contribution in [0.4, 0.5) is 13.2 Å². The van der Waals surface area contributed by atoms with E-state index in [0.29, 0.717) is 17.4 Å². The highest BCUT2D eigenvalue weighted by Gasteiger charge is 2.40. The Kier molecular flexibility index (Phi) is 6.08. The van der Waals surface area contributed by atoms with Gasteiger partial charge in [-0.25, -0.2) is 8.42 Å². The highest BCUT2D eigenvalue weighted by molar-refractivity contribution is 7.91. The third kappa shape index (κ3) is 4.77. The van der Waals surface area contributed by atoms with E-state index < -0.39 is 26.5 Å². The van der Waals surface area contributed by atoms with Crippen molar-refractivity contribution in [3.05, 3.63) is 23.3 Å². The van der Waals surface area contributed by atoms with E-state index >= 15 is 0 Å². The molecule has 2 fully saturated rings. The van der Waals surface area contributed by atoms with Crippen LogP contribution in [-0.2, 0) is 16.0 Å². The molecular formula is C20H26F3N5O2S. The van der Waals surface area contributed by atoms with Gasteiger partial charge in [0.25, 0.3) is 0 Å². The van der Waals surface area contributed by atoms with Crippen molar-refractivity contribution >= 4 is 9.84 Å². The number of benzene rings is 1. The summed E-state index contributed by atoms with van der Waals surface area (Å²) >= 11 is 0. The maximum absolute atomic E-state index is 13.7. The zero-order chi connectivity index (χ0) is 22.2. The quantitative estimate of drug-likeness (QED) is 0.712. The summed E-state index contributed by atoms with van der Waals surface area (Å²) in [5.41, 5.74) is -0.716. The minimum Gasteiger partial charge on any atom is -0.316 e. The third-order valence-corrected chi connectivity index (χ3v) is 7.72. The Hall–Kier alpha value is -2.01. The zero-order valence-electron chi connectivity index (χ0n) is 17.2. The largest absolute Gasteiger partial charge is 0.417 e. The number of tetrazole rings is 1. The van der Waals surface area contributed by atoms with Gasteiger partial charge in [0.1, 0.15) is 0 Å². The fourth-order valence-corrected chi connectivity index (χ4v) is 6.30. The van der Waals surface area contributed by atoms with Crippen molar-refractivity contribution < 1.29 is 21.6 Å². The topological polar surface area (TPSA) is 101 Å². The normalized spacial score (nSPS) is 25.1. The summed E-state index contributed by atoms with van der Waals surface area (Å²) in [6, 6.07) is 2.28. The lowest BCUT2D eigenvalue weighted by atomic mass is 9.74.